The van der Waals surface area contributed by atoms with Gasteiger partial charge in [0.15, 0.2) is 0 Å². The minimum absolute atomic E-state index is 0.0774. The zero-order chi connectivity index (χ0) is 16.3. The Morgan fingerprint density at radius 2 is 1.32 bits per heavy atom. The molecule has 0 rings (SSSR count). The first-order chi connectivity index (χ1) is 10.8. The average Bonchev–Trinajstić information content (AvgIpc) is 2.51. The van der Waals surface area contributed by atoms with Crippen molar-refractivity contribution in [2.75, 3.05) is 6.61 Å². The van der Waals surface area contributed by atoms with E-state index in [1.54, 1.807) is 0 Å². The van der Waals surface area contributed by atoms with Gasteiger partial charge in [0.05, 0.1) is 6.61 Å². The lowest BCUT2D eigenvalue weighted by Gasteiger charge is -1.99. The lowest BCUT2D eigenvalue weighted by molar-refractivity contribution is -0.143. The predicted molar refractivity (Wildman–Crippen MR) is 95.9 cm³/mol. The van der Waals surface area contributed by atoms with Crippen LogP contribution in [0.1, 0.15) is 78.1 Å². The van der Waals surface area contributed by atoms with Gasteiger partial charge in [0.25, 0.3) is 0 Å². The van der Waals surface area contributed by atoms with Gasteiger partial charge in [-0.05, 0) is 51.9 Å². The molecule has 0 aromatic carbocycles. The van der Waals surface area contributed by atoms with Gasteiger partial charge < -0.3 is 4.74 Å². The number of hydrogen-bond donors (Lipinski definition) is 0. The third kappa shape index (κ3) is 16.7. The number of hydrogen-bond acceptors (Lipinski definition) is 2. The van der Waals surface area contributed by atoms with Crippen molar-refractivity contribution in [1.29, 1.82) is 0 Å². The molecule has 0 saturated heterocycles. The molecule has 22 heavy (non-hydrogen) atoms. The van der Waals surface area contributed by atoms with Crippen molar-refractivity contribution in [2.24, 2.45) is 0 Å². The summed E-state index contributed by atoms with van der Waals surface area (Å²) in [4.78, 5) is 11.1. The summed E-state index contributed by atoms with van der Waals surface area (Å²) in [6, 6.07) is 0. The van der Waals surface area contributed by atoms with Crippen molar-refractivity contribution in [3.05, 3.63) is 36.5 Å². The molecule has 0 amide bonds. The maximum atomic E-state index is 11.1. The van der Waals surface area contributed by atoms with Gasteiger partial charge in [-0.15, -0.1) is 0 Å². The van der Waals surface area contributed by atoms with Crippen LogP contribution in [0.25, 0.3) is 0 Å². The molecule has 0 atom stereocenters. The summed E-state index contributed by atoms with van der Waals surface area (Å²) in [5, 5.41) is 0. The molecule has 2 heteroatoms. The molecule has 0 aromatic rings. The SMILES string of the molecule is CCCC/C=C/C=C\CCCC/C=C\CCCC(=O)OCC. The maximum Gasteiger partial charge on any atom is 0.305 e. The fourth-order valence-electron chi connectivity index (χ4n) is 2.03. The van der Waals surface area contributed by atoms with E-state index in [1.807, 2.05) is 6.92 Å². The van der Waals surface area contributed by atoms with Crippen LogP contribution in [0.5, 0.6) is 0 Å². The highest BCUT2D eigenvalue weighted by Gasteiger charge is 1.98. The van der Waals surface area contributed by atoms with Crippen LogP contribution in [0.2, 0.25) is 0 Å². The summed E-state index contributed by atoms with van der Waals surface area (Å²) < 4.78 is 4.89. The Bertz CT molecular complexity index is 327. The molecule has 0 aliphatic heterocycles. The van der Waals surface area contributed by atoms with Crippen molar-refractivity contribution >= 4 is 5.97 Å². The Hall–Kier alpha value is -1.31. The molecule has 2 nitrogen and oxygen atoms in total. The highest BCUT2D eigenvalue weighted by molar-refractivity contribution is 5.69. The van der Waals surface area contributed by atoms with Gasteiger partial charge in [-0.3, -0.25) is 4.79 Å². The Kier molecular flexibility index (Phi) is 16.7. The van der Waals surface area contributed by atoms with Crippen LogP contribution in [0.3, 0.4) is 0 Å². The molecule has 0 aromatic heterocycles. The molecule has 0 saturated carbocycles. The molecule has 0 radical (unpaired) electrons. The lowest BCUT2D eigenvalue weighted by Crippen LogP contribution is -2.02. The third-order valence-electron chi connectivity index (χ3n) is 3.32. The van der Waals surface area contributed by atoms with E-state index in [0.717, 1.165) is 25.7 Å². The molecule has 0 bridgehead atoms. The minimum atomic E-state index is -0.0774. The monoisotopic (exact) mass is 306 g/mol. The van der Waals surface area contributed by atoms with Crippen LogP contribution in [0.15, 0.2) is 36.5 Å². The molecular weight excluding hydrogens is 272 g/mol. The number of ether oxygens (including phenoxy) is 1. The number of allylic oxidation sites excluding steroid dienone is 6. The topological polar surface area (TPSA) is 26.3 Å². The van der Waals surface area contributed by atoms with Gasteiger partial charge in [-0.25, -0.2) is 0 Å². The number of carbonyl (C=O) groups is 1. The number of carbonyl (C=O) groups excluding carboxylic acids is 1. The summed E-state index contributed by atoms with van der Waals surface area (Å²) in [7, 11) is 0. The predicted octanol–water partition coefficient (Wildman–Crippen LogP) is 6.14. The first-order valence-electron chi connectivity index (χ1n) is 8.93. The van der Waals surface area contributed by atoms with Crippen LogP contribution in [0, 0.1) is 0 Å². The molecule has 0 aliphatic carbocycles. The van der Waals surface area contributed by atoms with E-state index in [1.165, 1.54) is 32.1 Å². The molecule has 0 spiro atoms. The van der Waals surface area contributed by atoms with Crippen LogP contribution in [-0.2, 0) is 9.53 Å². The lowest BCUT2D eigenvalue weighted by atomic mass is 10.1. The molecule has 0 N–H and O–H groups in total. The van der Waals surface area contributed by atoms with Gasteiger partial charge >= 0.3 is 5.97 Å². The molecule has 0 unspecified atom stereocenters. The number of unbranched alkanes of at least 4 members (excludes halogenated alkanes) is 6. The Morgan fingerprint density at radius 3 is 1.91 bits per heavy atom. The van der Waals surface area contributed by atoms with Crippen molar-refractivity contribution in [2.45, 2.75) is 78.1 Å². The standard InChI is InChI=1S/C20H34O2/c1-3-5-6-7-8-9-10-11-12-13-14-15-16-17-18-19-20(21)22-4-2/h7-10,15-16H,3-6,11-14,17-19H2,1-2H3/b8-7+,10-9-,16-15-. The molecule has 0 aliphatic rings. The normalized spacial score (nSPS) is 11.9. The van der Waals surface area contributed by atoms with E-state index in [4.69, 9.17) is 4.74 Å². The van der Waals surface area contributed by atoms with Gasteiger partial charge in [0, 0.05) is 6.42 Å². The van der Waals surface area contributed by atoms with Crippen molar-refractivity contribution < 1.29 is 9.53 Å². The van der Waals surface area contributed by atoms with Gasteiger partial charge in [-0.1, -0.05) is 56.2 Å². The van der Waals surface area contributed by atoms with Crippen molar-refractivity contribution in [3.63, 3.8) is 0 Å². The zero-order valence-electron chi connectivity index (χ0n) is 14.6. The maximum absolute atomic E-state index is 11.1. The Balaban J connectivity index is 3.31. The zero-order valence-corrected chi connectivity index (χ0v) is 14.6. The summed E-state index contributed by atoms with van der Waals surface area (Å²) >= 11 is 0. The molecular formula is C20H34O2. The fraction of sp³-hybridized carbons (Fsp3) is 0.650. The van der Waals surface area contributed by atoms with Crippen LogP contribution in [-0.4, -0.2) is 12.6 Å². The quantitative estimate of drug-likeness (QED) is 0.167. The van der Waals surface area contributed by atoms with Gasteiger partial charge in [0.1, 0.15) is 0 Å². The number of rotatable bonds is 14. The Labute approximate surface area is 137 Å². The third-order valence-corrected chi connectivity index (χ3v) is 3.32. The first-order valence-corrected chi connectivity index (χ1v) is 8.93. The second-order valence-electron chi connectivity index (χ2n) is 5.45. The Morgan fingerprint density at radius 1 is 0.773 bits per heavy atom. The van der Waals surface area contributed by atoms with E-state index < -0.39 is 0 Å². The van der Waals surface area contributed by atoms with E-state index in [-0.39, 0.29) is 5.97 Å². The fourth-order valence-corrected chi connectivity index (χ4v) is 2.03. The van der Waals surface area contributed by atoms with E-state index in [2.05, 4.69) is 43.4 Å². The highest BCUT2D eigenvalue weighted by Crippen LogP contribution is 2.04. The largest absolute Gasteiger partial charge is 0.466 e. The van der Waals surface area contributed by atoms with E-state index in [9.17, 15) is 4.79 Å². The van der Waals surface area contributed by atoms with Crippen LogP contribution in [0.4, 0.5) is 0 Å². The summed E-state index contributed by atoms with van der Waals surface area (Å²) in [6.07, 6.45) is 24.2. The molecule has 126 valence electrons. The second-order valence-corrected chi connectivity index (χ2v) is 5.45. The van der Waals surface area contributed by atoms with Crippen LogP contribution < -0.4 is 0 Å². The van der Waals surface area contributed by atoms with Crippen molar-refractivity contribution in [3.8, 4) is 0 Å². The van der Waals surface area contributed by atoms with Crippen LogP contribution >= 0.6 is 0 Å². The minimum Gasteiger partial charge on any atom is -0.466 e. The van der Waals surface area contributed by atoms with E-state index in [0.29, 0.717) is 13.0 Å². The highest BCUT2D eigenvalue weighted by atomic mass is 16.5. The van der Waals surface area contributed by atoms with Crippen molar-refractivity contribution in [1.82, 2.24) is 0 Å². The molecule has 0 fully saturated rings. The van der Waals surface area contributed by atoms with Gasteiger partial charge in [-0.2, -0.15) is 0 Å². The summed E-state index contributed by atoms with van der Waals surface area (Å²) in [5.74, 6) is -0.0774. The molecule has 0 heterocycles. The van der Waals surface area contributed by atoms with Gasteiger partial charge in [0.2, 0.25) is 0 Å². The van der Waals surface area contributed by atoms with E-state index >= 15 is 0 Å². The summed E-state index contributed by atoms with van der Waals surface area (Å²) in [5.41, 5.74) is 0. The second kappa shape index (κ2) is 17.7. The number of esters is 1. The summed E-state index contributed by atoms with van der Waals surface area (Å²) in [6.45, 7) is 4.55. The smallest absolute Gasteiger partial charge is 0.305 e. The average molecular weight is 306 g/mol. The first kappa shape index (κ1) is 20.7.